The van der Waals surface area contributed by atoms with E-state index >= 15 is 0 Å². The second-order valence-corrected chi connectivity index (χ2v) is 9.92. The molecule has 1 fully saturated rings. The average molecular weight is 505 g/mol. The van der Waals surface area contributed by atoms with E-state index in [-0.39, 0.29) is 5.82 Å². The molecule has 6 heterocycles. The first kappa shape index (κ1) is 22.7. The number of hydrogen-bond donors (Lipinski definition) is 2. The Balaban J connectivity index is 1.28. The van der Waals surface area contributed by atoms with E-state index in [9.17, 15) is 4.39 Å². The van der Waals surface area contributed by atoms with Crippen LogP contribution in [0.15, 0.2) is 61.2 Å². The van der Waals surface area contributed by atoms with Crippen molar-refractivity contribution in [3.05, 3.63) is 78.1 Å². The van der Waals surface area contributed by atoms with Crippen LogP contribution in [0.4, 0.5) is 4.39 Å². The van der Waals surface area contributed by atoms with E-state index in [1.165, 1.54) is 30.5 Å². The molecule has 8 nitrogen and oxygen atoms in total. The first-order valence-electron chi connectivity index (χ1n) is 12.7. The monoisotopic (exact) mass is 504 g/mol. The van der Waals surface area contributed by atoms with Gasteiger partial charge in [-0.3, -0.25) is 20.0 Å². The quantitative estimate of drug-likeness (QED) is 0.314. The molecule has 1 aliphatic heterocycles. The van der Waals surface area contributed by atoms with Crippen LogP contribution in [0.2, 0.25) is 0 Å². The highest BCUT2D eigenvalue weighted by Gasteiger charge is 2.18. The van der Waals surface area contributed by atoms with Gasteiger partial charge in [-0.25, -0.2) is 14.4 Å². The van der Waals surface area contributed by atoms with E-state index in [0.717, 1.165) is 58.6 Å². The van der Waals surface area contributed by atoms with Crippen molar-refractivity contribution >= 4 is 22.1 Å². The van der Waals surface area contributed by atoms with Crippen molar-refractivity contribution in [3.63, 3.8) is 0 Å². The fourth-order valence-corrected chi connectivity index (χ4v) is 5.29. The largest absolute Gasteiger partial charge is 0.335 e. The number of likely N-dealkylation sites (tertiary alicyclic amines) is 1. The number of aromatic amines is 2. The predicted molar refractivity (Wildman–Crippen MR) is 145 cm³/mol. The summed E-state index contributed by atoms with van der Waals surface area (Å²) in [6.07, 6.45) is 9.73. The minimum Gasteiger partial charge on any atom is -0.335 e. The van der Waals surface area contributed by atoms with Crippen molar-refractivity contribution in [1.82, 2.24) is 40.0 Å². The van der Waals surface area contributed by atoms with Crippen LogP contribution in [0.3, 0.4) is 0 Å². The van der Waals surface area contributed by atoms with E-state index in [4.69, 9.17) is 9.97 Å². The second kappa shape index (κ2) is 9.11. The maximum absolute atomic E-state index is 14.1. The summed E-state index contributed by atoms with van der Waals surface area (Å²) in [5.74, 6) is 0.279. The number of H-pyrrole nitrogens is 2. The van der Waals surface area contributed by atoms with Crippen LogP contribution in [0.5, 0.6) is 0 Å². The van der Waals surface area contributed by atoms with Gasteiger partial charge in [0.1, 0.15) is 11.3 Å². The summed E-state index contributed by atoms with van der Waals surface area (Å²) in [7, 11) is 0. The van der Waals surface area contributed by atoms with Crippen LogP contribution in [0.25, 0.3) is 56.0 Å². The lowest BCUT2D eigenvalue weighted by Crippen LogP contribution is -2.18. The molecule has 1 aromatic carbocycles. The number of halogens is 1. The number of pyridine rings is 3. The molecule has 0 radical (unpaired) electrons. The van der Waals surface area contributed by atoms with Gasteiger partial charge >= 0.3 is 0 Å². The molecular formula is C29H25FN8. The van der Waals surface area contributed by atoms with Crippen LogP contribution in [0.1, 0.15) is 24.0 Å². The Labute approximate surface area is 218 Å². The van der Waals surface area contributed by atoms with Gasteiger partial charge in [-0.2, -0.15) is 5.10 Å². The zero-order valence-corrected chi connectivity index (χ0v) is 20.9. The molecular weight excluding hydrogens is 479 g/mol. The van der Waals surface area contributed by atoms with Gasteiger partial charge in [0, 0.05) is 36.3 Å². The normalized spacial score (nSPS) is 14.2. The summed E-state index contributed by atoms with van der Waals surface area (Å²) in [4.78, 5) is 24.4. The molecule has 0 saturated carbocycles. The van der Waals surface area contributed by atoms with E-state index in [1.54, 1.807) is 12.4 Å². The smallest absolute Gasteiger partial charge is 0.161 e. The van der Waals surface area contributed by atoms with Crippen LogP contribution in [0, 0.1) is 12.7 Å². The fraction of sp³-hybridized carbons (Fsp3) is 0.207. The van der Waals surface area contributed by atoms with Crippen molar-refractivity contribution in [1.29, 1.82) is 0 Å². The Morgan fingerprint density at radius 2 is 1.74 bits per heavy atom. The predicted octanol–water partition coefficient (Wildman–Crippen LogP) is 5.67. The summed E-state index contributed by atoms with van der Waals surface area (Å²) < 4.78 is 14.1. The van der Waals surface area contributed by atoms with E-state index in [2.05, 4.69) is 36.1 Å². The lowest BCUT2D eigenvalue weighted by molar-refractivity contribution is 0.331. The fourth-order valence-electron chi connectivity index (χ4n) is 5.29. The highest BCUT2D eigenvalue weighted by Crippen LogP contribution is 2.32. The molecule has 0 bridgehead atoms. The van der Waals surface area contributed by atoms with Crippen molar-refractivity contribution in [3.8, 4) is 33.9 Å². The molecule has 1 saturated heterocycles. The summed E-state index contributed by atoms with van der Waals surface area (Å²) in [5.41, 5.74) is 8.86. The molecule has 6 aromatic rings. The number of benzene rings is 1. The standard InChI is InChI=1S/C29H25FN8/c1-17-8-19(11-21(30)9-17)22-14-32-15-25-26(22)35-29(34-25)28-27-24(36-37-28)5-4-23(33-27)20-10-18(12-31-13-20)16-38-6-2-3-7-38/h4-5,8-15H,2-3,6-7,16H2,1H3,(H,34,35)(H,36,37). The lowest BCUT2D eigenvalue weighted by Gasteiger charge is -2.14. The third kappa shape index (κ3) is 4.10. The first-order chi connectivity index (χ1) is 18.6. The van der Waals surface area contributed by atoms with Gasteiger partial charge in [0.25, 0.3) is 0 Å². The third-order valence-corrected chi connectivity index (χ3v) is 7.07. The molecule has 38 heavy (non-hydrogen) atoms. The Morgan fingerprint density at radius 1 is 0.868 bits per heavy atom. The number of aryl methyl sites for hydroxylation is 1. The molecule has 9 heteroatoms. The Hall–Kier alpha value is -4.50. The molecule has 0 amide bonds. The van der Waals surface area contributed by atoms with Gasteiger partial charge in [0.05, 0.1) is 28.4 Å². The zero-order valence-electron chi connectivity index (χ0n) is 20.9. The number of fused-ring (bicyclic) bond motifs is 2. The van der Waals surface area contributed by atoms with Crippen LogP contribution >= 0.6 is 0 Å². The first-order valence-corrected chi connectivity index (χ1v) is 12.7. The van der Waals surface area contributed by atoms with Crippen molar-refractivity contribution in [2.24, 2.45) is 0 Å². The molecule has 0 spiro atoms. The number of hydrogen-bond acceptors (Lipinski definition) is 6. The van der Waals surface area contributed by atoms with Gasteiger partial charge in [-0.15, -0.1) is 0 Å². The minimum atomic E-state index is -0.290. The SMILES string of the molecule is Cc1cc(F)cc(-c2cncc3[nH]c(-c4n[nH]c5ccc(-c6cncc(CN7CCCC7)c6)nc45)nc23)c1. The molecule has 1 aliphatic rings. The van der Waals surface area contributed by atoms with Crippen LogP contribution in [-0.4, -0.2) is 53.1 Å². The third-order valence-electron chi connectivity index (χ3n) is 7.07. The van der Waals surface area contributed by atoms with Crippen molar-refractivity contribution in [2.45, 2.75) is 26.3 Å². The molecule has 7 rings (SSSR count). The molecule has 188 valence electrons. The average Bonchev–Trinajstić information content (AvgIpc) is 3.67. The summed E-state index contributed by atoms with van der Waals surface area (Å²) in [6, 6.07) is 11.1. The summed E-state index contributed by atoms with van der Waals surface area (Å²) in [6.45, 7) is 5.05. The summed E-state index contributed by atoms with van der Waals surface area (Å²) in [5, 5.41) is 7.60. The van der Waals surface area contributed by atoms with E-state index in [0.29, 0.717) is 22.6 Å². The van der Waals surface area contributed by atoms with Crippen LogP contribution < -0.4 is 0 Å². The molecule has 0 aliphatic carbocycles. The van der Waals surface area contributed by atoms with Gasteiger partial charge in [-0.05, 0) is 79.9 Å². The Kier molecular flexibility index (Phi) is 5.44. The Morgan fingerprint density at radius 3 is 2.61 bits per heavy atom. The van der Waals surface area contributed by atoms with Crippen LogP contribution in [-0.2, 0) is 6.54 Å². The molecule has 0 unspecified atom stereocenters. The number of imidazole rings is 1. The molecule has 0 atom stereocenters. The van der Waals surface area contributed by atoms with E-state index in [1.807, 2.05) is 37.5 Å². The number of rotatable bonds is 5. The molecule has 2 N–H and O–H groups in total. The second-order valence-electron chi connectivity index (χ2n) is 9.92. The maximum atomic E-state index is 14.1. The van der Waals surface area contributed by atoms with Gasteiger partial charge < -0.3 is 4.98 Å². The van der Waals surface area contributed by atoms with Gasteiger partial charge in [0.2, 0.25) is 0 Å². The van der Waals surface area contributed by atoms with Gasteiger partial charge in [0.15, 0.2) is 11.5 Å². The number of nitrogens with zero attached hydrogens (tertiary/aromatic N) is 6. The maximum Gasteiger partial charge on any atom is 0.161 e. The molecule has 5 aromatic heterocycles. The highest BCUT2D eigenvalue weighted by molar-refractivity contribution is 5.95. The number of nitrogens with one attached hydrogen (secondary N) is 2. The van der Waals surface area contributed by atoms with E-state index < -0.39 is 0 Å². The highest BCUT2D eigenvalue weighted by atomic mass is 19.1. The lowest BCUT2D eigenvalue weighted by atomic mass is 10.0. The van der Waals surface area contributed by atoms with Crippen molar-refractivity contribution in [2.75, 3.05) is 13.1 Å². The zero-order chi connectivity index (χ0) is 25.6. The van der Waals surface area contributed by atoms with Gasteiger partial charge in [-0.1, -0.05) is 6.07 Å². The Bertz CT molecular complexity index is 1780. The number of aromatic nitrogens is 7. The summed E-state index contributed by atoms with van der Waals surface area (Å²) >= 11 is 0. The van der Waals surface area contributed by atoms with Crippen molar-refractivity contribution < 1.29 is 4.39 Å². The minimum absolute atomic E-state index is 0.290. The topological polar surface area (TPSA) is 99.3 Å².